The van der Waals surface area contributed by atoms with E-state index in [1.807, 2.05) is 42.5 Å². The molecule has 1 heterocycles. The Bertz CT molecular complexity index is 951. The third-order valence-electron chi connectivity index (χ3n) is 3.95. The molecule has 1 aromatic heterocycles. The molecule has 0 saturated heterocycles. The molecule has 130 valence electrons. The normalized spacial score (nSPS) is 10.8. The minimum Gasteiger partial charge on any atom is -0.340 e. The SMILES string of the molecule is CC(C)(C)c1ccccc1Nc1ccnc(Nc2ccccc2C#N)n1. The van der Waals surface area contributed by atoms with E-state index in [-0.39, 0.29) is 5.41 Å². The summed E-state index contributed by atoms with van der Waals surface area (Å²) in [5.74, 6) is 1.12. The van der Waals surface area contributed by atoms with Crippen LogP contribution < -0.4 is 10.6 Å². The Morgan fingerprint density at radius 2 is 1.58 bits per heavy atom. The standard InChI is InChI=1S/C21H21N5/c1-21(2,3)16-9-5-7-11-18(16)24-19-12-13-23-20(26-19)25-17-10-6-4-8-15(17)14-22/h4-13H,1-3H3,(H2,23,24,25,26). The summed E-state index contributed by atoms with van der Waals surface area (Å²) in [5.41, 5.74) is 3.48. The van der Waals surface area contributed by atoms with Crippen LogP contribution >= 0.6 is 0 Å². The van der Waals surface area contributed by atoms with Crippen molar-refractivity contribution in [3.63, 3.8) is 0 Å². The van der Waals surface area contributed by atoms with Gasteiger partial charge in [0.05, 0.1) is 11.3 Å². The Hall–Kier alpha value is -3.39. The first kappa shape index (κ1) is 17.4. The third kappa shape index (κ3) is 3.98. The van der Waals surface area contributed by atoms with E-state index in [4.69, 9.17) is 0 Å². The van der Waals surface area contributed by atoms with Crippen LogP contribution in [0.1, 0.15) is 31.9 Å². The molecule has 0 saturated carbocycles. The van der Waals surface area contributed by atoms with Gasteiger partial charge in [0, 0.05) is 11.9 Å². The van der Waals surface area contributed by atoms with Crippen molar-refractivity contribution in [2.45, 2.75) is 26.2 Å². The topological polar surface area (TPSA) is 73.6 Å². The van der Waals surface area contributed by atoms with Crippen molar-refractivity contribution in [3.05, 3.63) is 71.9 Å². The van der Waals surface area contributed by atoms with Crippen molar-refractivity contribution in [1.29, 1.82) is 5.26 Å². The van der Waals surface area contributed by atoms with Gasteiger partial charge in [-0.1, -0.05) is 51.1 Å². The molecule has 0 aliphatic heterocycles. The highest BCUT2D eigenvalue weighted by Crippen LogP contribution is 2.31. The maximum atomic E-state index is 9.21. The van der Waals surface area contributed by atoms with Gasteiger partial charge in [0.1, 0.15) is 11.9 Å². The number of aromatic nitrogens is 2. The number of nitriles is 1. The lowest BCUT2D eigenvalue weighted by atomic mass is 9.86. The van der Waals surface area contributed by atoms with Crippen LogP contribution in [0.4, 0.5) is 23.1 Å². The van der Waals surface area contributed by atoms with Crippen LogP contribution in [0.5, 0.6) is 0 Å². The largest absolute Gasteiger partial charge is 0.340 e. The number of benzene rings is 2. The van der Waals surface area contributed by atoms with Crippen molar-refractivity contribution in [2.24, 2.45) is 0 Å². The van der Waals surface area contributed by atoms with Crippen LogP contribution in [0, 0.1) is 11.3 Å². The van der Waals surface area contributed by atoms with E-state index < -0.39 is 0 Å². The molecule has 0 unspecified atom stereocenters. The molecule has 0 aliphatic rings. The molecule has 26 heavy (non-hydrogen) atoms. The summed E-state index contributed by atoms with van der Waals surface area (Å²) < 4.78 is 0. The Labute approximate surface area is 153 Å². The Balaban J connectivity index is 1.86. The lowest BCUT2D eigenvalue weighted by Gasteiger charge is -2.23. The Kier molecular flexibility index (Phi) is 4.85. The Morgan fingerprint density at radius 1 is 0.885 bits per heavy atom. The third-order valence-corrected chi connectivity index (χ3v) is 3.95. The zero-order valence-corrected chi connectivity index (χ0v) is 15.1. The van der Waals surface area contributed by atoms with Crippen molar-refractivity contribution in [2.75, 3.05) is 10.6 Å². The van der Waals surface area contributed by atoms with Crippen LogP contribution in [0.2, 0.25) is 0 Å². The summed E-state index contributed by atoms with van der Waals surface area (Å²) in [7, 11) is 0. The van der Waals surface area contributed by atoms with E-state index in [1.54, 1.807) is 12.3 Å². The fourth-order valence-electron chi connectivity index (χ4n) is 2.68. The fourth-order valence-corrected chi connectivity index (χ4v) is 2.68. The summed E-state index contributed by atoms with van der Waals surface area (Å²) >= 11 is 0. The predicted octanol–water partition coefficient (Wildman–Crippen LogP) is 5.13. The average Bonchev–Trinajstić information content (AvgIpc) is 2.62. The van der Waals surface area contributed by atoms with Crippen molar-refractivity contribution in [3.8, 4) is 6.07 Å². The molecule has 2 N–H and O–H groups in total. The quantitative estimate of drug-likeness (QED) is 0.687. The number of nitrogens with zero attached hydrogens (tertiary/aromatic N) is 3. The van der Waals surface area contributed by atoms with E-state index in [9.17, 15) is 5.26 Å². The molecule has 0 radical (unpaired) electrons. The molecule has 3 rings (SSSR count). The molecule has 5 nitrogen and oxygen atoms in total. The van der Waals surface area contributed by atoms with Crippen LogP contribution in [0.15, 0.2) is 60.8 Å². The van der Waals surface area contributed by atoms with Crippen LogP contribution in [0.3, 0.4) is 0 Å². The maximum absolute atomic E-state index is 9.21. The van der Waals surface area contributed by atoms with Crippen LogP contribution in [0.25, 0.3) is 0 Å². The lowest BCUT2D eigenvalue weighted by molar-refractivity contribution is 0.592. The molecular formula is C21H21N5. The number of hydrogen-bond donors (Lipinski definition) is 2. The first-order valence-corrected chi connectivity index (χ1v) is 8.43. The minimum atomic E-state index is 0.0173. The molecule has 2 aromatic carbocycles. The van der Waals surface area contributed by atoms with Gasteiger partial charge in [-0.05, 0) is 35.2 Å². The van der Waals surface area contributed by atoms with E-state index in [0.29, 0.717) is 23.0 Å². The van der Waals surface area contributed by atoms with Crippen molar-refractivity contribution in [1.82, 2.24) is 9.97 Å². The number of anilines is 4. The molecule has 5 heteroatoms. The highest BCUT2D eigenvalue weighted by molar-refractivity contribution is 5.65. The molecule has 0 atom stereocenters. The summed E-state index contributed by atoms with van der Waals surface area (Å²) in [6.45, 7) is 6.54. The Morgan fingerprint density at radius 3 is 2.31 bits per heavy atom. The average molecular weight is 343 g/mol. The highest BCUT2D eigenvalue weighted by atomic mass is 15.1. The van der Waals surface area contributed by atoms with Gasteiger partial charge in [-0.25, -0.2) is 4.98 Å². The van der Waals surface area contributed by atoms with E-state index in [1.165, 1.54) is 5.56 Å². The molecular weight excluding hydrogens is 322 g/mol. The smallest absolute Gasteiger partial charge is 0.229 e. The first-order valence-electron chi connectivity index (χ1n) is 8.43. The van der Waals surface area contributed by atoms with Gasteiger partial charge in [-0.3, -0.25) is 0 Å². The van der Waals surface area contributed by atoms with Gasteiger partial charge in [-0.2, -0.15) is 10.2 Å². The van der Waals surface area contributed by atoms with Gasteiger partial charge in [0.2, 0.25) is 5.95 Å². The van der Waals surface area contributed by atoms with E-state index >= 15 is 0 Å². The number of hydrogen-bond acceptors (Lipinski definition) is 5. The molecule has 0 aliphatic carbocycles. The molecule has 3 aromatic rings. The summed E-state index contributed by atoms with van der Waals surface area (Å²) in [6.07, 6.45) is 1.69. The second-order valence-electron chi connectivity index (χ2n) is 6.97. The second kappa shape index (κ2) is 7.24. The number of rotatable bonds is 4. The van der Waals surface area contributed by atoms with Crippen LogP contribution in [-0.4, -0.2) is 9.97 Å². The zero-order chi connectivity index (χ0) is 18.6. The van der Waals surface area contributed by atoms with Crippen molar-refractivity contribution < 1.29 is 0 Å². The summed E-state index contributed by atoms with van der Waals surface area (Å²) in [6, 6.07) is 19.5. The summed E-state index contributed by atoms with van der Waals surface area (Å²) in [4.78, 5) is 8.77. The summed E-state index contributed by atoms with van der Waals surface area (Å²) in [5, 5.41) is 15.7. The zero-order valence-electron chi connectivity index (χ0n) is 15.1. The lowest BCUT2D eigenvalue weighted by Crippen LogP contribution is -2.13. The van der Waals surface area contributed by atoms with Crippen molar-refractivity contribution >= 4 is 23.1 Å². The van der Waals surface area contributed by atoms with E-state index in [0.717, 1.165) is 5.69 Å². The minimum absolute atomic E-state index is 0.0173. The predicted molar refractivity (Wildman–Crippen MR) is 105 cm³/mol. The van der Waals surface area contributed by atoms with Gasteiger partial charge < -0.3 is 10.6 Å². The molecule has 0 spiro atoms. The molecule has 0 fully saturated rings. The fraction of sp³-hybridized carbons (Fsp3) is 0.190. The van der Waals surface area contributed by atoms with Gasteiger partial charge in [0.25, 0.3) is 0 Å². The first-order chi connectivity index (χ1) is 12.5. The van der Waals surface area contributed by atoms with E-state index in [2.05, 4.69) is 53.5 Å². The second-order valence-corrected chi connectivity index (χ2v) is 6.97. The maximum Gasteiger partial charge on any atom is 0.229 e. The monoisotopic (exact) mass is 343 g/mol. The number of para-hydroxylation sites is 2. The highest BCUT2D eigenvalue weighted by Gasteiger charge is 2.17. The number of nitrogens with one attached hydrogen (secondary N) is 2. The molecule has 0 bridgehead atoms. The van der Waals surface area contributed by atoms with Crippen LogP contribution in [-0.2, 0) is 5.41 Å². The van der Waals surface area contributed by atoms with Gasteiger partial charge >= 0.3 is 0 Å². The molecule has 0 amide bonds. The van der Waals surface area contributed by atoms with Gasteiger partial charge in [-0.15, -0.1) is 0 Å². The van der Waals surface area contributed by atoms with Gasteiger partial charge in [0.15, 0.2) is 0 Å².